The molecule has 1 aromatic carbocycles. The van der Waals surface area contributed by atoms with E-state index in [0.717, 1.165) is 22.1 Å². The van der Waals surface area contributed by atoms with Gasteiger partial charge in [0.15, 0.2) is 0 Å². The first-order valence-corrected chi connectivity index (χ1v) is 6.63. The topological polar surface area (TPSA) is 50.4 Å². The number of carboxylic acids is 1. The molecule has 0 radical (unpaired) electrons. The maximum absolute atomic E-state index is 11.4. The second-order valence-electron chi connectivity index (χ2n) is 5.64. The standard InChI is InChI=1S/C16H20O3/c1-8(2)11-7-6-10(5)14-13(11)12(9(3)4)15(19-14)16(17)18/h6-9H,1-5H3,(H,17,18). The molecule has 1 heterocycles. The van der Waals surface area contributed by atoms with Crippen molar-refractivity contribution in [1.29, 1.82) is 0 Å². The summed E-state index contributed by atoms with van der Waals surface area (Å²) in [6.45, 7) is 10.2. The number of furan rings is 1. The molecule has 0 bridgehead atoms. The minimum Gasteiger partial charge on any atom is -0.475 e. The number of fused-ring (bicyclic) bond motifs is 1. The normalized spacial score (nSPS) is 11.7. The van der Waals surface area contributed by atoms with E-state index in [0.29, 0.717) is 11.5 Å². The van der Waals surface area contributed by atoms with Crippen LogP contribution in [0.3, 0.4) is 0 Å². The summed E-state index contributed by atoms with van der Waals surface area (Å²) < 4.78 is 5.64. The Balaban J connectivity index is 2.95. The van der Waals surface area contributed by atoms with Crippen LogP contribution in [-0.4, -0.2) is 11.1 Å². The van der Waals surface area contributed by atoms with E-state index in [1.54, 1.807) is 0 Å². The zero-order valence-electron chi connectivity index (χ0n) is 12.1. The summed E-state index contributed by atoms with van der Waals surface area (Å²) in [6, 6.07) is 4.08. The lowest BCUT2D eigenvalue weighted by molar-refractivity contribution is 0.0662. The van der Waals surface area contributed by atoms with Gasteiger partial charge >= 0.3 is 5.97 Å². The van der Waals surface area contributed by atoms with E-state index < -0.39 is 5.97 Å². The van der Waals surface area contributed by atoms with E-state index in [2.05, 4.69) is 19.9 Å². The molecule has 1 N–H and O–H groups in total. The summed E-state index contributed by atoms with van der Waals surface area (Å²) in [6.07, 6.45) is 0. The second-order valence-corrected chi connectivity index (χ2v) is 5.64. The molecule has 0 unspecified atom stereocenters. The lowest BCUT2D eigenvalue weighted by Gasteiger charge is -2.11. The van der Waals surface area contributed by atoms with Crippen molar-refractivity contribution in [2.24, 2.45) is 0 Å². The first-order valence-electron chi connectivity index (χ1n) is 6.63. The minimum atomic E-state index is -0.992. The molecule has 3 heteroatoms. The average molecular weight is 260 g/mol. The van der Waals surface area contributed by atoms with Crippen LogP contribution >= 0.6 is 0 Å². The van der Waals surface area contributed by atoms with Crippen LogP contribution in [0, 0.1) is 6.92 Å². The summed E-state index contributed by atoms with van der Waals surface area (Å²) in [5.74, 6) is -0.457. The molecule has 0 aliphatic heterocycles. The van der Waals surface area contributed by atoms with Gasteiger partial charge in [0.05, 0.1) is 0 Å². The fourth-order valence-electron chi connectivity index (χ4n) is 2.57. The van der Waals surface area contributed by atoms with E-state index in [1.165, 1.54) is 0 Å². The number of benzene rings is 1. The smallest absolute Gasteiger partial charge is 0.372 e. The third-order valence-corrected chi connectivity index (χ3v) is 3.50. The van der Waals surface area contributed by atoms with Gasteiger partial charge in [-0.05, 0) is 29.9 Å². The Kier molecular flexibility index (Phi) is 3.40. The molecule has 0 spiro atoms. The van der Waals surface area contributed by atoms with Crippen molar-refractivity contribution in [2.45, 2.75) is 46.5 Å². The molecular weight excluding hydrogens is 240 g/mol. The summed E-state index contributed by atoms with van der Waals surface area (Å²) >= 11 is 0. The van der Waals surface area contributed by atoms with Crippen molar-refractivity contribution in [1.82, 2.24) is 0 Å². The summed E-state index contributed by atoms with van der Waals surface area (Å²) in [7, 11) is 0. The average Bonchev–Trinajstić information content (AvgIpc) is 2.70. The van der Waals surface area contributed by atoms with E-state index in [9.17, 15) is 9.90 Å². The van der Waals surface area contributed by atoms with Crippen LogP contribution < -0.4 is 0 Å². The van der Waals surface area contributed by atoms with Crippen molar-refractivity contribution in [2.75, 3.05) is 0 Å². The highest BCUT2D eigenvalue weighted by molar-refractivity contribution is 5.98. The molecule has 102 valence electrons. The first-order chi connectivity index (χ1) is 8.84. The molecule has 3 nitrogen and oxygen atoms in total. The van der Waals surface area contributed by atoms with E-state index in [4.69, 9.17) is 4.42 Å². The lowest BCUT2D eigenvalue weighted by Crippen LogP contribution is -2.01. The molecule has 19 heavy (non-hydrogen) atoms. The van der Waals surface area contributed by atoms with Gasteiger partial charge < -0.3 is 9.52 Å². The number of aryl methyl sites for hydroxylation is 1. The Morgan fingerprint density at radius 1 is 1.16 bits per heavy atom. The highest BCUT2D eigenvalue weighted by Gasteiger charge is 2.25. The van der Waals surface area contributed by atoms with Gasteiger partial charge in [-0.3, -0.25) is 0 Å². The Labute approximate surface area is 113 Å². The van der Waals surface area contributed by atoms with Crippen LogP contribution in [0.2, 0.25) is 0 Å². The van der Waals surface area contributed by atoms with Gasteiger partial charge in [0.1, 0.15) is 5.58 Å². The van der Waals surface area contributed by atoms with Gasteiger partial charge in [-0.2, -0.15) is 0 Å². The van der Waals surface area contributed by atoms with Crippen LogP contribution in [-0.2, 0) is 0 Å². The number of carboxylic acid groups (broad SMARTS) is 1. The Hall–Kier alpha value is -1.77. The fraction of sp³-hybridized carbons (Fsp3) is 0.438. The number of aromatic carboxylic acids is 1. The third-order valence-electron chi connectivity index (χ3n) is 3.50. The summed E-state index contributed by atoms with van der Waals surface area (Å²) in [5.41, 5.74) is 3.66. The van der Waals surface area contributed by atoms with Gasteiger partial charge in [-0.15, -0.1) is 0 Å². The van der Waals surface area contributed by atoms with Crippen molar-refractivity contribution >= 4 is 16.9 Å². The second kappa shape index (κ2) is 4.72. The molecule has 0 fully saturated rings. The monoisotopic (exact) mass is 260 g/mol. The molecule has 0 saturated heterocycles. The fourth-order valence-corrected chi connectivity index (χ4v) is 2.57. The number of carbonyl (C=O) groups is 1. The zero-order valence-corrected chi connectivity index (χ0v) is 12.1. The Morgan fingerprint density at radius 2 is 1.79 bits per heavy atom. The predicted octanol–water partition coefficient (Wildman–Crippen LogP) is 4.69. The van der Waals surface area contributed by atoms with Crippen LogP contribution in [0.25, 0.3) is 11.0 Å². The van der Waals surface area contributed by atoms with Gasteiger partial charge in [-0.1, -0.05) is 39.8 Å². The van der Waals surface area contributed by atoms with Gasteiger partial charge in [-0.25, -0.2) is 4.79 Å². The summed E-state index contributed by atoms with van der Waals surface area (Å²) in [4.78, 5) is 11.4. The van der Waals surface area contributed by atoms with Crippen molar-refractivity contribution in [3.63, 3.8) is 0 Å². The van der Waals surface area contributed by atoms with Crippen LogP contribution in [0.5, 0.6) is 0 Å². The van der Waals surface area contributed by atoms with Crippen LogP contribution in [0.15, 0.2) is 16.5 Å². The molecular formula is C16H20O3. The van der Waals surface area contributed by atoms with E-state index >= 15 is 0 Å². The third kappa shape index (κ3) is 2.14. The minimum absolute atomic E-state index is 0.0844. The predicted molar refractivity (Wildman–Crippen MR) is 76.1 cm³/mol. The Bertz CT molecular complexity index is 633. The van der Waals surface area contributed by atoms with Crippen LogP contribution in [0.1, 0.15) is 66.8 Å². The van der Waals surface area contributed by atoms with E-state index in [-0.39, 0.29) is 11.7 Å². The van der Waals surface area contributed by atoms with Gasteiger partial charge in [0.25, 0.3) is 0 Å². The van der Waals surface area contributed by atoms with Crippen molar-refractivity contribution in [3.05, 3.63) is 34.6 Å². The van der Waals surface area contributed by atoms with Gasteiger partial charge in [0.2, 0.25) is 5.76 Å². The number of rotatable bonds is 3. The molecule has 0 aliphatic rings. The highest BCUT2D eigenvalue weighted by atomic mass is 16.4. The zero-order chi connectivity index (χ0) is 14.3. The largest absolute Gasteiger partial charge is 0.475 e. The van der Waals surface area contributed by atoms with E-state index in [1.807, 2.05) is 26.8 Å². The maximum Gasteiger partial charge on any atom is 0.372 e. The molecule has 0 amide bonds. The summed E-state index contributed by atoms with van der Waals surface area (Å²) in [5, 5.41) is 10.3. The molecule has 0 saturated carbocycles. The molecule has 0 atom stereocenters. The molecule has 2 rings (SSSR count). The molecule has 2 aromatic rings. The SMILES string of the molecule is Cc1ccc(C(C)C)c2c(C(C)C)c(C(=O)O)oc12. The highest BCUT2D eigenvalue weighted by Crippen LogP contribution is 2.38. The quantitative estimate of drug-likeness (QED) is 0.871. The first kappa shape index (κ1) is 13.7. The lowest BCUT2D eigenvalue weighted by atomic mass is 9.90. The Morgan fingerprint density at radius 3 is 2.26 bits per heavy atom. The van der Waals surface area contributed by atoms with Crippen LogP contribution in [0.4, 0.5) is 0 Å². The van der Waals surface area contributed by atoms with Crippen molar-refractivity contribution in [3.8, 4) is 0 Å². The van der Waals surface area contributed by atoms with Gasteiger partial charge in [0, 0.05) is 10.9 Å². The van der Waals surface area contributed by atoms with Crippen molar-refractivity contribution < 1.29 is 14.3 Å². The molecule has 0 aliphatic carbocycles. The number of hydrogen-bond donors (Lipinski definition) is 1. The maximum atomic E-state index is 11.4. The number of hydrogen-bond acceptors (Lipinski definition) is 2. The molecule has 1 aromatic heterocycles.